The zero-order valence-corrected chi connectivity index (χ0v) is 18.9. The minimum absolute atomic E-state index is 0.181. The van der Waals surface area contributed by atoms with Crippen LogP contribution in [-0.2, 0) is 15.3 Å². The fourth-order valence-electron chi connectivity index (χ4n) is 3.51. The number of benzene rings is 1. The number of hydrogen-bond acceptors (Lipinski definition) is 8. The molecule has 1 aliphatic heterocycles. The maximum atomic E-state index is 13.3. The molecule has 1 aromatic carbocycles. The SMILES string of the molecule is COC(=O)C1CCN(C(=O)c2nnn(-c3ccc(Cl)cc3)c2CSc2ncccn2)CC1. The highest BCUT2D eigenvalue weighted by Crippen LogP contribution is 2.26. The molecule has 2 aromatic heterocycles. The zero-order valence-electron chi connectivity index (χ0n) is 17.3. The predicted octanol–water partition coefficient (Wildman–Crippen LogP) is 3.03. The molecule has 0 spiro atoms. The molecular formula is C21H21ClN6O3S. The Morgan fingerprint density at radius 3 is 2.50 bits per heavy atom. The van der Waals surface area contributed by atoms with E-state index in [2.05, 4.69) is 20.3 Å². The number of hydrogen-bond donors (Lipinski definition) is 0. The Labute approximate surface area is 194 Å². The van der Waals surface area contributed by atoms with Crippen molar-refractivity contribution in [2.75, 3.05) is 20.2 Å². The highest BCUT2D eigenvalue weighted by atomic mass is 35.5. The molecule has 3 aromatic rings. The highest BCUT2D eigenvalue weighted by molar-refractivity contribution is 7.98. The van der Waals surface area contributed by atoms with Crippen LogP contribution in [0.5, 0.6) is 0 Å². The van der Waals surface area contributed by atoms with Crippen molar-refractivity contribution in [1.82, 2.24) is 29.9 Å². The summed E-state index contributed by atoms with van der Waals surface area (Å²) in [5, 5.41) is 9.66. The van der Waals surface area contributed by atoms with Gasteiger partial charge in [-0.2, -0.15) is 0 Å². The number of rotatable bonds is 6. The molecule has 1 amide bonds. The van der Waals surface area contributed by atoms with E-state index in [1.54, 1.807) is 40.2 Å². The van der Waals surface area contributed by atoms with E-state index in [-0.39, 0.29) is 23.5 Å². The number of halogens is 1. The van der Waals surface area contributed by atoms with Gasteiger partial charge in [0.05, 0.1) is 24.4 Å². The van der Waals surface area contributed by atoms with Gasteiger partial charge in [-0.1, -0.05) is 28.6 Å². The van der Waals surface area contributed by atoms with Crippen molar-refractivity contribution in [3.63, 3.8) is 0 Å². The average molecular weight is 473 g/mol. The maximum absolute atomic E-state index is 13.3. The minimum Gasteiger partial charge on any atom is -0.469 e. The summed E-state index contributed by atoms with van der Waals surface area (Å²) in [5.41, 5.74) is 1.67. The molecular weight excluding hydrogens is 452 g/mol. The third kappa shape index (κ3) is 4.91. The quantitative estimate of drug-likeness (QED) is 0.306. The van der Waals surface area contributed by atoms with Gasteiger partial charge in [0.1, 0.15) is 0 Å². The lowest BCUT2D eigenvalue weighted by molar-refractivity contribution is -0.146. The van der Waals surface area contributed by atoms with Crippen LogP contribution >= 0.6 is 23.4 Å². The number of esters is 1. The van der Waals surface area contributed by atoms with Gasteiger partial charge in [0.25, 0.3) is 5.91 Å². The van der Waals surface area contributed by atoms with Crippen molar-refractivity contribution in [1.29, 1.82) is 0 Å². The Balaban J connectivity index is 1.59. The summed E-state index contributed by atoms with van der Waals surface area (Å²) in [7, 11) is 1.38. The maximum Gasteiger partial charge on any atom is 0.308 e. The number of carbonyl (C=O) groups excluding carboxylic acids is 2. The third-order valence-corrected chi connectivity index (χ3v) is 6.37. The average Bonchev–Trinajstić information content (AvgIpc) is 3.27. The third-order valence-electron chi connectivity index (χ3n) is 5.23. The first-order valence-corrected chi connectivity index (χ1v) is 11.4. The molecule has 11 heteroatoms. The number of ether oxygens (including phenoxy) is 1. The second-order valence-electron chi connectivity index (χ2n) is 7.18. The summed E-state index contributed by atoms with van der Waals surface area (Å²) in [6.07, 6.45) is 4.46. The summed E-state index contributed by atoms with van der Waals surface area (Å²) in [4.78, 5) is 35.3. The molecule has 166 valence electrons. The lowest BCUT2D eigenvalue weighted by atomic mass is 9.97. The molecule has 0 unspecified atom stereocenters. The van der Waals surface area contributed by atoms with Crippen LogP contribution in [0.4, 0.5) is 0 Å². The van der Waals surface area contributed by atoms with E-state index in [4.69, 9.17) is 16.3 Å². The molecule has 3 heterocycles. The normalized spacial score (nSPS) is 14.4. The second kappa shape index (κ2) is 10.1. The van der Waals surface area contributed by atoms with Gasteiger partial charge < -0.3 is 9.64 Å². The van der Waals surface area contributed by atoms with Crippen LogP contribution in [0.25, 0.3) is 5.69 Å². The zero-order chi connectivity index (χ0) is 22.5. The summed E-state index contributed by atoms with van der Waals surface area (Å²) >= 11 is 7.42. The molecule has 1 saturated heterocycles. The van der Waals surface area contributed by atoms with Gasteiger partial charge in [-0.3, -0.25) is 9.59 Å². The van der Waals surface area contributed by atoms with E-state index < -0.39 is 0 Å². The molecule has 1 fully saturated rings. The standard InChI is InChI=1S/C21H21ClN6O3S/c1-31-20(30)14-7-11-27(12-8-14)19(29)18-17(13-32-21-23-9-2-10-24-21)28(26-25-18)16-5-3-15(22)4-6-16/h2-6,9-10,14H,7-8,11-13H2,1H3. The number of aromatic nitrogens is 5. The molecule has 0 saturated carbocycles. The molecule has 0 aliphatic carbocycles. The smallest absolute Gasteiger partial charge is 0.308 e. The van der Waals surface area contributed by atoms with Crippen LogP contribution in [0.15, 0.2) is 47.9 Å². The number of amides is 1. The summed E-state index contributed by atoms with van der Waals surface area (Å²) in [6, 6.07) is 8.90. The Kier molecular flexibility index (Phi) is 7.01. The number of methoxy groups -OCH3 is 1. The van der Waals surface area contributed by atoms with Gasteiger partial charge in [-0.25, -0.2) is 14.6 Å². The van der Waals surface area contributed by atoms with Crippen LogP contribution in [0.3, 0.4) is 0 Å². The van der Waals surface area contributed by atoms with E-state index in [9.17, 15) is 9.59 Å². The van der Waals surface area contributed by atoms with Crippen molar-refractivity contribution < 1.29 is 14.3 Å². The number of carbonyl (C=O) groups is 2. The molecule has 0 N–H and O–H groups in total. The molecule has 4 rings (SSSR count). The summed E-state index contributed by atoms with van der Waals surface area (Å²) < 4.78 is 6.47. The predicted molar refractivity (Wildman–Crippen MR) is 119 cm³/mol. The van der Waals surface area contributed by atoms with E-state index in [0.29, 0.717) is 47.6 Å². The first-order valence-electron chi connectivity index (χ1n) is 10.0. The van der Waals surface area contributed by atoms with E-state index in [1.807, 2.05) is 12.1 Å². The van der Waals surface area contributed by atoms with Gasteiger partial charge in [-0.05, 0) is 43.2 Å². The van der Waals surface area contributed by atoms with Gasteiger partial charge in [0.15, 0.2) is 10.9 Å². The van der Waals surface area contributed by atoms with E-state index in [0.717, 1.165) is 5.69 Å². The Bertz CT molecular complexity index is 1080. The number of likely N-dealkylation sites (tertiary alicyclic amines) is 1. The lowest BCUT2D eigenvalue weighted by Gasteiger charge is -2.30. The number of nitrogens with zero attached hydrogens (tertiary/aromatic N) is 6. The Morgan fingerprint density at radius 1 is 1.16 bits per heavy atom. The molecule has 0 bridgehead atoms. The van der Waals surface area contributed by atoms with Crippen LogP contribution in [0.2, 0.25) is 5.02 Å². The molecule has 9 nitrogen and oxygen atoms in total. The van der Waals surface area contributed by atoms with Crippen molar-refractivity contribution in [2.45, 2.75) is 23.8 Å². The number of thioether (sulfide) groups is 1. The summed E-state index contributed by atoms with van der Waals surface area (Å²) in [5.74, 6) is -0.220. The summed E-state index contributed by atoms with van der Waals surface area (Å²) in [6.45, 7) is 0.918. The van der Waals surface area contributed by atoms with Crippen molar-refractivity contribution in [3.8, 4) is 5.69 Å². The van der Waals surface area contributed by atoms with Crippen molar-refractivity contribution in [3.05, 3.63) is 59.1 Å². The first-order chi connectivity index (χ1) is 15.6. The van der Waals surface area contributed by atoms with Crippen LogP contribution in [0, 0.1) is 5.92 Å². The topological polar surface area (TPSA) is 103 Å². The lowest BCUT2D eigenvalue weighted by Crippen LogP contribution is -2.41. The molecule has 0 atom stereocenters. The molecule has 1 aliphatic rings. The van der Waals surface area contributed by atoms with Gasteiger partial charge >= 0.3 is 5.97 Å². The number of piperidine rings is 1. The van der Waals surface area contributed by atoms with E-state index in [1.165, 1.54) is 18.9 Å². The fraction of sp³-hybridized carbons (Fsp3) is 0.333. The van der Waals surface area contributed by atoms with E-state index >= 15 is 0 Å². The monoisotopic (exact) mass is 472 g/mol. The van der Waals surface area contributed by atoms with Crippen LogP contribution in [0.1, 0.15) is 29.0 Å². The molecule has 0 radical (unpaired) electrons. The van der Waals surface area contributed by atoms with Gasteiger partial charge in [-0.15, -0.1) is 5.10 Å². The van der Waals surface area contributed by atoms with Gasteiger partial charge in [0.2, 0.25) is 0 Å². The van der Waals surface area contributed by atoms with Crippen molar-refractivity contribution >= 4 is 35.2 Å². The Morgan fingerprint density at radius 2 is 1.84 bits per heavy atom. The van der Waals surface area contributed by atoms with Crippen molar-refractivity contribution in [2.24, 2.45) is 5.92 Å². The minimum atomic E-state index is -0.231. The first kappa shape index (κ1) is 22.2. The Hall–Kier alpha value is -2.98. The van der Waals surface area contributed by atoms with Crippen LogP contribution in [-0.4, -0.2) is 61.9 Å². The van der Waals surface area contributed by atoms with Gasteiger partial charge in [0, 0.05) is 36.3 Å². The second-order valence-corrected chi connectivity index (χ2v) is 8.56. The fourth-order valence-corrected chi connectivity index (χ4v) is 4.44. The highest BCUT2D eigenvalue weighted by Gasteiger charge is 2.31. The molecule has 32 heavy (non-hydrogen) atoms. The largest absolute Gasteiger partial charge is 0.469 e. The van der Waals surface area contributed by atoms with Crippen LogP contribution < -0.4 is 0 Å².